The van der Waals surface area contributed by atoms with Gasteiger partial charge in [0.25, 0.3) is 5.91 Å². The highest BCUT2D eigenvalue weighted by atomic mass is 16.5. The maximum atomic E-state index is 12.2. The first-order valence-corrected chi connectivity index (χ1v) is 9.41. The number of methoxy groups -OCH3 is 1. The molecule has 0 radical (unpaired) electrons. The van der Waals surface area contributed by atoms with E-state index in [1.165, 1.54) is 24.6 Å². The maximum Gasteiger partial charge on any atom is 0.331 e. The van der Waals surface area contributed by atoms with Crippen molar-refractivity contribution in [1.29, 1.82) is 0 Å². The molecule has 3 rings (SSSR count). The summed E-state index contributed by atoms with van der Waals surface area (Å²) < 4.78 is 12.6. The second-order valence-corrected chi connectivity index (χ2v) is 7.06. The number of anilines is 1. The van der Waals surface area contributed by atoms with Gasteiger partial charge in [0.2, 0.25) is 0 Å². The number of aromatic nitrogens is 1. The molecule has 1 N–H and O–H groups in total. The van der Waals surface area contributed by atoms with Crippen LogP contribution in [0.1, 0.15) is 42.8 Å². The molecule has 6 nitrogen and oxygen atoms in total. The number of nitrogens with one attached hydrogen (secondary N) is 1. The number of esters is 1. The Morgan fingerprint density at radius 2 is 1.89 bits per heavy atom. The van der Waals surface area contributed by atoms with E-state index in [-0.39, 0.29) is 5.91 Å². The molecule has 1 atom stereocenters. The minimum absolute atomic E-state index is 0.390. The molecule has 1 amide bonds. The van der Waals surface area contributed by atoms with E-state index in [0.29, 0.717) is 17.5 Å². The summed E-state index contributed by atoms with van der Waals surface area (Å²) in [5.41, 5.74) is 3.95. The molecule has 1 heterocycles. The Bertz CT molecular complexity index is 892. The predicted octanol–water partition coefficient (Wildman–Crippen LogP) is 4.03. The molecule has 0 spiro atoms. The van der Waals surface area contributed by atoms with E-state index < -0.39 is 12.1 Å². The Morgan fingerprint density at radius 3 is 2.50 bits per heavy atom. The SMILES string of the molecule is COc1ccc(NC(=O)[C@@H](C)OC(=O)/C=C/c2cc(C)n(C3CC3)c2C)cc1. The van der Waals surface area contributed by atoms with Crippen molar-refractivity contribution < 1.29 is 19.1 Å². The molecular weight excluding hydrogens is 356 g/mol. The van der Waals surface area contributed by atoms with Crippen molar-refractivity contribution in [3.8, 4) is 5.75 Å². The molecule has 1 aromatic carbocycles. The van der Waals surface area contributed by atoms with Crippen molar-refractivity contribution >= 4 is 23.6 Å². The highest BCUT2D eigenvalue weighted by molar-refractivity contribution is 5.96. The fourth-order valence-corrected chi connectivity index (χ4v) is 3.21. The average Bonchev–Trinajstić information content (AvgIpc) is 3.46. The van der Waals surface area contributed by atoms with Crippen molar-refractivity contribution in [2.24, 2.45) is 0 Å². The minimum atomic E-state index is -0.904. The van der Waals surface area contributed by atoms with E-state index >= 15 is 0 Å². The fourth-order valence-electron chi connectivity index (χ4n) is 3.21. The van der Waals surface area contributed by atoms with Crippen LogP contribution in [0.5, 0.6) is 5.75 Å². The van der Waals surface area contributed by atoms with Gasteiger partial charge in [0, 0.05) is 29.2 Å². The summed E-state index contributed by atoms with van der Waals surface area (Å²) in [4.78, 5) is 24.3. The molecule has 0 bridgehead atoms. The first-order valence-electron chi connectivity index (χ1n) is 9.41. The van der Waals surface area contributed by atoms with Gasteiger partial charge in [-0.1, -0.05) is 0 Å². The molecule has 0 aliphatic heterocycles. The van der Waals surface area contributed by atoms with Gasteiger partial charge in [0.1, 0.15) is 5.75 Å². The Kier molecular flexibility index (Phi) is 5.87. The number of nitrogens with zero attached hydrogens (tertiary/aromatic N) is 1. The van der Waals surface area contributed by atoms with Crippen LogP contribution >= 0.6 is 0 Å². The van der Waals surface area contributed by atoms with Crippen molar-refractivity contribution in [3.63, 3.8) is 0 Å². The number of carbonyl (C=O) groups is 2. The average molecular weight is 382 g/mol. The van der Waals surface area contributed by atoms with Crippen LogP contribution in [0.15, 0.2) is 36.4 Å². The lowest BCUT2D eigenvalue weighted by Crippen LogP contribution is -2.29. The van der Waals surface area contributed by atoms with E-state index in [1.54, 1.807) is 44.4 Å². The fraction of sp³-hybridized carbons (Fsp3) is 0.364. The van der Waals surface area contributed by atoms with Crippen LogP contribution in [0, 0.1) is 13.8 Å². The Hall–Kier alpha value is -3.02. The number of amides is 1. The summed E-state index contributed by atoms with van der Waals surface area (Å²) in [5.74, 6) is -0.240. The van der Waals surface area contributed by atoms with Crippen molar-refractivity contribution in [2.45, 2.75) is 45.8 Å². The van der Waals surface area contributed by atoms with Crippen LogP contribution in [0.4, 0.5) is 5.69 Å². The quantitative estimate of drug-likeness (QED) is 0.580. The smallest absolute Gasteiger partial charge is 0.331 e. The van der Waals surface area contributed by atoms with Gasteiger partial charge in [-0.3, -0.25) is 4.79 Å². The molecule has 2 aromatic rings. The van der Waals surface area contributed by atoms with Crippen LogP contribution in [0.2, 0.25) is 0 Å². The van der Waals surface area contributed by atoms with Gasteiger partial charge >= 0.3 is 5.97 Å². The Labute approximate surface area is 165 Å². The first kappa shape index (κ1) is 19.7. The lowest BCUT2D eigenvalue weighted by atomic mass is 10.2. The number of rotatable bonds is 7. The summed E-state index contributed by atoms with van der Waals surface area (Å²) in [5, 5.41) is 2.71. The van der Waals surface area contributed by atoms with Gasteiger partial charge in [-0.2, -0.15) is 0 Å². The van der Waals surface area contributed by atoms with E-state index in [0.717, 1.165) is 11.3 Å². The number of aryl methyl sites for hydroxylation is 1. The van der Waals surface area contributed by atoms with Crippen LogP contribution in [-0.2, 0) is 14.3 Å². The summed E-state index contributed by atoms with van der Waals surface area (Å²) in [6, 6.07) is 9.59. The van der Waals surface area contributed by atoms with Crippen LogP contribution in [0.3, 0.4) is 0 Å². The van der Waals surface area contributed by atoms with Crippen molar-refractivity contribution in [2.75, 3.05) is 12.4 Å². The molecule has 1 fully saturated rings. The third-order valence-corrected chi connectivity index (χ3v) is 4.85. The molecule has 1 aliphatic carbocycles. The van der Waals surface area contributed by atoms with Crippen LogP contribution in [0.25, 0.3) is 6.08 Å². The lowest BCUT2D eigenvalue weighted by molar-refractivity contribution is -0.148. The summed E-state index contributed by atoms with van der Waals surface area (Å²) in [7, 11) is 1.58. The highest BCUT2D eigenvalue weighted by Gasteiger charge is 2.26. The topological polar surface area (TPSA) is 69.6 Å². The molecule has 0 saturated heterocycles. The number of carbonyl (C=O) groups excluding carboxylic acids is 2. The van der Waals surface area contributed by atoms with Gasteiger partial charge in [0.15, 0.2) is 6.10 Å². The van der Waals surface area contributed by atoms with Gasteiger partial charge in [0.05, 0.1) is 7.11 Å². The monoisotopic (exact) mass is 382 g/mol. The normalized spacial score (nSPS) is 14.7. The number of hydrogen-bond donors (Lipinski definition) is 1. The largest absolute Gasteiger partial charge is 0.497 e. The molecule has 28 heavy (non-hydrogen) atoms. The molecule has 1 aliphatic rings. The second-order valence-electron chi connectivity index (χ2n) is 7.06. The Balaban J connectivity index is 1.55. The molecule has 0 unspecified atom stereocenters. The molecular formula is C22H26N2O4. The second kappa shape index (κ2) is 8.33. The van der Waals surface area contributed by atoms with Gasteiger partial charge in [-0.15, -0.1) is 0 Å². The molecule has 148 valence electrons. The summed E-state index contributed by atoms with van der Waals surface area (Å²) in [6.45, 7) is 5.68. The summed E-state index contributed by atoms with van der Waals surface area (Å²) >= 11 is 0. The van der Waals surface area contributed by atoms with Gasteiger partial charge < -0.3 is 19.4 Å². The lowest BCUT2D eigenvalue weighted by Gasteiger charge is -2.12. The third-order valence-electron chi connectivity index (χ3n) is 4.85. The standard InChI is InChI=1S/C22H26N2O4/c1-14-13-17(15(2)24(14)19-8-9-19)5-12-21(25)28-16(3)22(26)23-18-6-10-20(27-4)11-7-18/h5-7,10-13,16,19H,8-9H2,1-4H3,(H,23,26)/b12-5+/t16-/m1/s1. The van der Waals surface area contributed by atoms with E-state index in [4.69, 9.17) is 9.47 Å². The van der Waals surface area contributed by atoms with Crippen LogP contribution < -0.4 is 10.1 Å². The number of hydrogen-bond acceptors (Lipinski definition) is 4. The van der Waals surface area contributed by atoms with Gasteiger partial charge in [-0.25, -0.2) is 4.79 Å². The molecule has 1 aromatic heterocycles. The van der Waals surface area contributed by atoms with E-state index in [9.17, 15) is 9.59 Å². The molecule has 1 saturated carbocycles. The molecule has 6 heteroatoms. The van der Waals surface area contributed by atoms with Crippen molar-refractivity contribution in [3.05, 3.63) is 53.4 Å². The zero-order chi connectivity index (χ0) is 20.3. The third kappa shape index (κ3) is 4.63. The van der Waals surface area contributed by atoms with Crippen molar-refractivity contribution in [1.82, 2.24) is 4.57 Å². The highest BCUT2D eigenvalue weighted by Crippen LogP contribution is 2.38. The maximum absolute atomic E-state index is 12.2. The van der Waals surface area contributed by atoms with Gasteiger partial charge in [-0.05, 0) is 75.6 Å². The first-order chi connectivity index (χ1) is 13.4. The Morgan fingerprint density at radius 1 is 1.21 bits per heavy atom. The zero-order valence-electron chi connectivity index (χ0n) is 16.7. The predicted molar refractivity (Wildman–Crippen MR) is 108 cm³/mol. The van der Waals surface area contributed by atoms with Crippen LogP contribution in [-0.4, -0.2) is 29.7 Å². The zero-order valence-corrected chi connectivity index (χ0v) is 16.7. The number of benzene rings is 1. The number of ether oxygens (including phenoxy) is 2. The van der Waals surface area contributed by atoms with E-state index in [1.807, 2.05) is 0 Å². The van der Waals surface area contributed by atoms with E-state index in [2.05, 4.69) is 29.8 Å². The minimum Gasteiger partial charge on any atom is -0.497 e. The summed E-state index contributed by atoms with van der Waals surface area (Å²) in [6.07, 6.45) is 4.64.